The molecule has 0 atom stereocenters. The van der Waals surface area contributed by atoms with Gasteiger partial charge < -0.3 is 10.5 Å². The number of nitrogen functional groups attached to an aromatic ring is 1. The molecule has 0 amide bonds. The van der Waals surface area contributed by atoms with Crippen LogP contribution < -0.4 is 10.5 Å². The number of H-pyrrole nitrogens is 1. The standard InChI is InChI=1S/C13H9F2N5O/c14-8-3-9(15)5-12(4-8)21-11-2-7(1-10(16)6-11)13-17-19-20-18-13/h1-6H,16H2,(H,17,18,19,20). The van der Waals surface area contributed by atoms with Crippen molar-refractivity contribution in [3.8, 4) is 22.9 Å². The van der Waals surface area contributed by atoms with Gasteiger partial charge in [0.1, 0.15) is 23.1 Å². The van der Waals surface area contributed by atoms with Gasteiger partial charge in [-0.15, -0.1) is 5.10 Å². The number of nitrogens with one attached hydrogen (secondary N) is 1. The van der Waals surface area contributed by atoms with Gasteiger partial charge >= 0.3 is 0 Å². The summed E-state index contributed by atoms with van der Waals surface area (Å²) in [4.78, 5) is 0. The molecule has 3 aromatic rings. The molecule has 0 saturated carbocycles. The summed E-state index contributed by atoms with van der Waals surface area (Å²) >= 11 is 0. The van der Waals surface area contributed by atoms with Crippen LogP contribution in [0.25, 0.3) is 11.4 Å². The maximum Gasteiger partial charge on any atom is 0.179 e. The molecule has 0 radical (unpaired) electrons. The van der Waals surface area contributed by atoms with Crippen molar-refractivity contribution in [1.82, 2.24) is 20.6 Å². The average Bonchev–Trinajstić information content (AvgIpc) is 2.90. The van der Waals surface area contributed by atoms with Crippen LogP contribution in [0, 0.1) is 11.6 Å². The summed E-state index contributed by atoms with van der Waals surface area (Å²) in [5.41, 5.74) is 6.76. The maximum atomic E-state index is 13.1. The lowest BCUT2D eigenvalue weighted by Gasteiger charge is -2.08. The molecule has 0 unspecified atom stereocenters. The van der Waals surface area contributed by atoms with E-state index in [4.69, 9.17) is 10.5 Å². The molecular formula is C13H9F2N5O. The van der Waals surface area contributed by atoms with Crippen LogP contribution in [0.2, 0.25) is 0 Å². The summed E-state index contributed by atoms with van der Waals surface area (Å²) in [6.45, 7) is 0. The van der Waals surface area contributed by atoms with Crippen LogP contribution in [0.5, 0.6) is 11.5 Å². The minimum atomic E-state index is -0.728. The van der Waals surface area contributed by atoms with E-state index in [9.17, 15) is 8.78 Å². The number of benzene rings is 2. The highest BCUT2D eigenvalue weighted by molar-refractivity contribution is 5.64. The van der Waals surface area contributed by atoms with Gasteiger partial charge in [0.15, 0.2) is 5.82 Å². The summed E-state index contributed by atoms with van der Waals surface area (Å²) in [7, 11) is 0. The number of aromatic nitrogens is 4. The molecule has 6 nitrogen and oxygen atoms in total. The number of aromatic amines is 1. The predicted octanol–water partition coefficient (Wildman–Crippen LogP) is 2.52. The fraction of sp³-hybridized carbons (Fsp3) is 0. The Labute approximate surface area is 117 Å². The first-order valence-corrected chi connectivity index (χ1v) is 5.89. The minimum absolute atomic E-state index is 0.0275. The van der Waals surface area contributed by atoms with Crippen molar-refractivity contribution >= 4 is 5.69 Å². The van der Waals surface area contributed by atoms with E-state index in [0.717, 1.165) is 18.2 Å². The lowest BCUT2D eigenvalue weighted by atomic mass is 10.2. The third-order valence-corrected chi connectivity index (χ3v) is 2.62. The van der Waals surface area contributed by atoms with Crippen LogP contribution in [-0.2, 0) is 0 Å². The van der Waals surface area contributed by atoms with Gasteiger partial charge in [0.2, 0.25) is 0 Å². The lowest BCUT2D eigenvalue weighted by Crippen LogP contribution is -1.92. The predicted molar refractivity (Wildman–Crippen MR) is 70.5 cm³/mol. The van der Waals surface area contributed by atoms with E-state index in [0.29, 0.717) is 22.8 Å². The lowest BCUT2D eigenvalue weighted by molar-refractivity contribution is 0.469. The van der Waals surface area contributed by atoms with Gasteiger partial charge in [-0.25, -0.2) is 13.9 Å². The first-order valence-electron chi connectivity index (χ1n) is 5.89. The number of nitrogens with zero attached hydrogens (tertiary/aromatic N) is 3. The molecule has 3 rings (SSSR count). The SMILES string of the molecule is Nc1cc(Oc2cc(F)cc(F)c2)cc(-c2nnn[nH]2)c1. The van der Waals surface area contributed by atoms with Gasteiger partial charge in [0, 0.05) is 35.5 Å². The molecular weight excluding hydrogens is 280 g/mol. The van der Waals surface area contributed by atoms with E-state index in [1.54, 1.807) is 12.1 Å². The Morgan fingerprint density at radius 2 is 1.67 bits per heavy atom. The van der Waals surface area contributed by atoms with Crippen LogP contribution in [0.1, 0.15) is 0 Å². The zero-order valence-electron chi connectivity index (χ0n) is 10.5. The second kappa shape index (κ2) is 5.16. The molecule has 3 N–H and O–H groups in total. The third kappa shape index (κ3) is 2.94. The minimum Gasteiger partial charge on any atom is -0.457 e. The van der Waals surface area contributed by atoms with Crippen molar-refractivity contribution < 1.29 is 13.5 Å². The number of ether oxygens (including phenoxy) is 1. The van der Waals surface area contributed by atoms with E-state index in [1.165, 1.54) is 6.07 Å². The zero-order chi connectivity index (χ0) is 14.8. The van der Waals surface area contributed by atoms with E-state index in [1.807, 2.05) is 0 Å². The van der Waals surface area contributed by atoms with Crippen LogP contribution in [0.15, 0.2) is 36.4 Å². The highest BCUT2D eigenvalue weighted by Gasteiger charge is 2.08. The summed E-state index contributed by atoms with van der Waals surface area (Å²) < 4.78 is 31.7. The second-order valence-corrected chi connectivity index (χ2v) is 4.25. The van der Waals surface area contributed by atoms with Crippen LogP contribution in [0.4, 0.5) is 14.5 Å². The monoisotopic (exact) mass is 289 g/mol. The van der Waals surface area contributed by atoms with E-state index >= 15 is 0 Å². The molecule has 0 saturated heterocycles. The Balaban J connectivity index is 1.95. The Hall–Kier alpha value is -3.03. The highest BCUT2D eigenvalue weighted by atomic mass is 19.1. The molecule has 0 bridgehead atoms. The Morgan fingerprint density at radius 1 is 0.952 bits per heavy atom. The first-order chi connectivity index (χ1) is 10.1. The average molecular weight is 289 g/mol. The fourth-order valence-electron chi connectivity index (χ4n) is 1.82. The van der Waals surface area contributed by atoms with Crippen LogP contribution >= 0.6 is 0 Å². The highest BCUT2D eigenvalue weighted by Crippen LogP contribution is 2.29. The number of hydrogen-bond acceptors (Lipinski definition) is 5. The van der Waals surface area contributed by atoms with Crippen molar-refractivity contribution in [2.75, 3.05) is 5.73 Å². The van der Waals surface area contributed by atoms with Gasteiger partial charge in [-0.1, -0.05) is 0 Å². The summed E-state index contributed by atoms with van der Waals surface area (Å²) in [5, 5.41) is 13.3. The maximum absolute atomic E-state index is 13.1. The van der Waals surface area contributed by atoms with Gasteiger partial charge in [-0.3, -0.25) is 0 Å². The molecule has 106 valence electrons. The molecule has 0 aliphatic carbocycles. The molecule has 2 aromatic carbocycles. The Bertz CT molecular complexity index is 756. The number of anilines is 1. The van der Waals surface area contributed by atoms with Gasteiger partial charge in [-0.05, 0) is 22.6 Å². The molecule has 1 heterocycles. The molecule has 0 aliphatic rings. The molecule has 0 spiro atoms. The Morgan fingerprint density at radius 3 is 2.33 bits per heavy atom. The van der Waals surface area contributed by atoms with E-state index in [2.05, 4.69) is 20.6 Å². The van der Waals surface area contributed by atoms with E-state index in [-0.39, 0.29) is 5.75 Å². The van der Waals surface area contributed by atoms with Crippen LogP contribution in [0.3, 0.4) is 0 Å². The van der Waals surface area contributed by atoms with Crippen LogP contribution in [-0.4, -0.2) is 20.6 Å². The number of tetrazole rings is 1. The van der Waals surface area contributed by atoms with Crippen molar-refractivity contribution in [3.05, 3.63) is 48.0 Å². The van der Waals surface area contributed by atoms with E-state index < -0.39 is 11.6 Å². The number of nitrogens with two attached hydrogens (primary N) is 1. The summed E-state index contributed by atoms with van der Waals surface area (Å²) in [6.07, 6.45) is 0. The van der Waals surface area contributed by atoms with Crippen molar-refractivity contribution in [1.29, 1.82) is 0 Å². The molecule has 0 fully saturated rings. The number of hydrogen-bond donors (Lipinski definition) is 2. The van der Waals surface area contributed by atoms with Gasteiger partial charge in [-0.2, -0.15) is 0 Å². The molecule has 1 aromatic heterocycles. The quantitative estimate of drug-likeness (QED) is 0.723. The van der Waals surface area contributed by atoms with Gasteiger partial charge in [0.25, 0.3) is 0 Å². The topological polar surface area (TPSA) is 89.7 Å². The third-order valence-electron chi connectivity index (χ3n) is 2.62. The molecule has 0 aliphatic heterocycles. The zero-order valence-corrected chi connectivity index (χ0v) is 10.5. The summed E-state index contributed by atoms with van der Waals surface area (Å²) in [5.74, 6) is -0.717. The largest absolute Gasteiger partial charge is 0.457 e. The first kappa shape index (κ1) is 13.0. The number of halogens is 2. The number of rotatable bonds is 3. The molecule has 21 heavy (non-hydrogen) atoms. The second-order valence-electron chi connectivity index (χ2n) is 4.25. The van der Waals surface area contributed by atoms with Crippen molar-refractivity contribution in [2.45, 2.75) is 0 Å². The summed E-state index contributed by atoms with van der Waals surface area (Å²) in [6, 6.07) is 7.67. The van der Waals surface area contributed by atoms with Crippen molar-refractivity contribution in [3.63, 3.8) is 0 Å². The fourth-order valence-corrected chi connectivity index (χ4v) is 1.82. The normalized spacial score (nSPS) is 10.6. The Kier molecular flexibility index (Phi) is 3.19. The molecule has 8 heteroatoms. The van der Waals surface area contributed by atoms with Crippen molar-refractivity contribution in [2.24, 2.45) is 0 Å². The smallest absolute Gasteiger partial charge is 0.179 e. The van der Waals surface area contributed by atoms with Gasteiger partial charge in [0.05, 0.1) is 0 Å².